The Balaban J connectivity index is 2.73. The first-order valence-corrected chi connectivity index (χ1v) is 3.84. The van der Waals surface area contributed by atoms with Gasteiger partial charge in [-0.1, -0.05) is 44.2 Å². The maximum atomic E-state index is 2.22. The van der Waals surface area contributed by atoms with Crippen molar-refractivity contribution in [1.82, 2.24) is 0 Å². The van der Waals surface area contributed by atoms with Gasteiger partial charge in [-0.15, -0.1) is 0 Å². The molecule has 0 saturated carbocycles. The van der Waals surface area contributed by atoms with Gasteiger partial charge >= 0.3 is 0 Å². The van der Waals surface area contributed by atoms with Gasteiger partial charge in [0.25, 0.3) is 0 Å². The second kappa shape index (κ2) is 3.40. The molecular formula is C10H14. The molecule has 1 aliphatic carbocycles. The molecule has 0 bridgehead atoms. The summed E-state index contributed by atoms with van der Waals surface area (Å²) in [4.78, 5) is 0. The van der Waals surface area contributed by atoms with Crippen LogP contribution in [0.2, 0.25) is 0 Å². The quantitative estimate of drug-likeness (QED) is 0.517. The number of hydrogen-bond acceptors (Lipinski definition) is 0. The second-order valence-corrected chi connectivity index (χ2v) is 2.89. The van der Waals surface area contributed by atoms with Crippen LogP contribution in [-0.4, -0.2) is 0 Å². The predicted molar refractivity (Wildman–Crippen MR) is 45.8 cm³/mol. The van der Waals surface area contributed by atoms with E-state index in [0.29, 0.717) is 5.92 Å². The minimum Gasteiger partial charge on any atom is -0.0807 e. The molecule has 0 heteroatoms. The van der Waals surface area contributed by atoms with Gasteiger partial charge in [0.2, 0.25) is 0 Å². The van der Waals surface area contributed by atoms with Crippen LogP contribution in [0.15, 0.2) is 36.0 Å². The van der Waals surface area contributed by atoms with E-state index < -0.39 is 0 Å². The molecule has 0 heterocycles. The van der Waals surface area contributed by atoms with E-state index in [2.05, 4.69) is 44.2 Å². The Kier molecular flexibility index (Phi) is 2.49. The highest BCUT2D eigenvalue weighted by molar-refractivity contribution is 5.28. The Morgan fingerprint density at radius 1 is 1.30 bits per heavy atom. The average molecular weight is 134 g/mol. The van der Waals surface area contributed by atoms with Crippen molar-refractivity contribution in [2.24, 2.45) is 5.92 Å². The maximum absolute atomic E-state index is 2.22. The van der Waals surface area contributed by atoms with Gasteiger partial charge in [0.15, 0.2) is 0 Å². The highest BCUT2D eigenvalue weighted by Gasteiger charge is 1.97. The topological polar surface area (TPSA) is 0 Å². The van der Waals surface area contributed by atoms with Gasteiger partial charge in [-0.05, 0) is 17.9 Å². The van der Waals surface area contributed by atoms with Gasteiger partial charge in [-0.2, -0.15) is 0 Å². The Hall–Kier alpha value is -0.780. The van der Waals surface area contributed by atoms with Crippen molar-refractivity contribution in [2.45, 2.75) is 20.3 Å². The Morgan fingerprint density at radius 3 is 2.80 bits per heavy atom. The molecule has 54 valence electrons. The molecule has 0 saturated heterocycles. The average Bonchev–Trinajstić information content (AvgIpc) is 2.12. The Bertz CT molecular complexity index is 180. The number of rotatable bonds is 1. The summed E-state index contributed by atoms with van der Waals surface area (Å²) in [5.74, 6) is 0.652. The van der Waals surface area contributed by atoms with Crippen LogP contribution < -0.4 is 0 Å². The van der Waals surface area contributed by atoms with E-state index in [1.54, 1.807) is 0 Å². The van der Waals surface area contributed by atoms with Gasteiger partial charge in [0, 0.05) is 0 Å². The van der Waals surface area contributed by atoms with E-state index in [0.717, 1.165) is 6.42 Å². The SMILES string of the molecule is CC(C)C1=CC=CCC=C1. The van der Waals surface area contributed by atoms with E-state index in [-0.39, 0.29) is 0 Å². The molecule has 0 unspecified atom stereocenters. The number of hydrogen-bond donors (Lipinski definition) is 0. The van der Waals surface area contributed by atoms with E-state index >= 15 is 0 Å². The van der Waals surface area contributed by atoms with Crippen molar-refractivity contribution in [2.75, 3.05) is 0 Å². The highest BCUT2D eigenvalue weighted by atomic mass is 14.0. The first kappa shape index (κ1) is 7.33. The molecule has 1 rings (SSSR count). The summed E-state index contributed by atoms with van der Waals surface area (Å²) >= 11 is 0. The third-order valence-corrected chi connectivity index (χ3v) is 1.67. The van der Waals surface area contributed by atoms with Crippen LogP contribution >= 0.6 is 0 Å². The van der Waals surface area contributed by atoms with E-state index in [9.17, 15) is 0 Å². The molecule has 1 aliphatic rings. The zero-order valence-corrected chi connectivity index (χ0v) is 6.67. The minimum absolute atomic E-state index is 0.652. The summed E-state index contributed by atoms with van der Waals surface area (Å²) in [6, 6.07) is 0. The standard InChI is InChI=1S/C10H14/c1-9(2)10-7-5-3-4-6-8-10/h3,5-9H,4H2,1-2H3. The second-order valence-electron chi connectivity index (χ2n) is 2.89. The fraction of sp³-hybridized carbons (Fsp3) is 0.400. The predicted octanol–water partition coefficient (Wildman–Crippen LogP) is 3.08. The van der Waals surface area contributed by atoms with Crippen LogP contribution in [-0.2, 0) is 0 Å². The molecule has 0 aromatic heterocycles. The van der Waals surface area contributed by atoms with Crippen LogP contribution in [0.5, 0.6) is 0 Å². The Morgan fingerprint density at radius 2 is 2.10 bits per heavy atom. The lowest BCUT2D eigenvalue weighted by Crippen LogP contribution is -1.88. The van der Waals surface area contributed by atoms with Crippen molar-refractivity contribution in [3.05, 3.63) is 36.0 Å². The summed E-state index contributed by atoms with van der Waals surface area (Å²) in [7, 11) is 0. The monoisotopic (exact) mass is 134 g/mol. The Labute approximate surface area is 62.9 Å². The van der Waals surface area contributed by atoms with Crippen molar-refractivity contribution in [1.29, 1.82) is 0 Å². The summed E-state index contributed by atoms with van der Waals surface area (Å²) in [5.41, 5.74) is 1.42. The van der Waals surface area contributed by atoms with Crippen LogP contribution in [0.1, 0.15) is 20.3 Å². The van der Waals surface area contributed by atoms with Crippen LogP contribution in [0.3, 0.4) is 0 Å². The third kappa shape index (κ3) is 1.87. The zero-order chi connectivity index (χ0) is 7.40. The molecule has 0 aromatic rings. The summed E-state index contributed by atoms with van der Waals surface area (Å²) < 4.78 is 0. The molecule has 0 radical (unpaired) electrons. The molecule has 0 amide bonds. The largest absolute Gasteiger partial charge is 0.0807 e. The van der Waals surface area contributed by atoms with E-state index in [1.165, 1.54) is 5.57 Å². The van der Waals surface area contributed by atoms with E-state index in [1.807, 2.05) is 0 Å². The minimum atomic E-state index is 0.652. The first-order valence-electron chi connectivity index (χ1n) is 3.84. The summed E-state index contributed by atoms with van der Waals surface area (Å²) in [5, 5.41) is 0. The molecule has 0 atom stereocenters. The highest BCUT2D eigenvalue weighted by Crippen LogP contribution is 2.13. The lowest BCUT2D eigenvalue weighted by molar-refractivity contribution is 0.792. The van der Waals surface area contributed by atoms with Gasteiger partial charge in [0.1, 0.15) is 0 Å². The lowest BCUT2D eigenvalue weighted by Gasteiger charge is -2.02. The van der Waals surface area contributed by atoms with Crippen LogP contribution in [0.25, 0.3) is 0 Å². The summed E-state index contributed by atoms with van der Waals surface area (Å²) in [6.45, 7) is 4.44. The van der Waals surface area contributed by atoms with Crippen molar-refractivity contribution in [3.8, 4) is 0 Å². The van der Waals surface area contributed by atoms with Crippen molar-refractivity contribution >= 4 is 0 Å². The molecule has 0 N–H and O–H groups in total. The van der Waals surface area contributed by atoms with Crippen LogP contribution in [0.4, 0.5) is 0 Å². The zero-order valence-electron chi connectivity index (χ0n) is 6.67. The van der Waals surface area contributed by atoms with E-state index in [4.69, 9.17) is 0 Å². The fourth-order valence-corrected chi connectivity index (χ4v) is 0.981. The molecule has 10 heavy (non-hydrogen) atoms. The number of allylic oxidation sites excluding steroid dienone is 6. The van der Waals surface area contributed by atoms with Gasteiger partial charge < -0.3 is 0 Å². The van der Waals surface area contributed by atoms with Crippen LogP contribution in [0, 0.1) is 5.92 Å². The van der Waals surface area contributed by atoms with Gasteiger partial charge in [-0.25, -0.2) is 0 Å². The molecule has 0 nitrogen and oxygen atoms in total. The van der Waals surface area contributed by atoms with Crippen molar-refractivity contribution in [3.63, 3.8) is 0 Å². The lowest BCUT2D eigenvalue weighted by atomic mass is 10.0. The normalized spacial score (nSPS) is 17.3. The third-order valence-electron chi connectivity index (χ3n) is 1.67. The van der Waals surface area contributed by atoms with Gasteiger partial charge in [-0.3, -0.25) is 0 Å². The van der Waals surface area contributed by atoms with Gasteiger partial charge in [0.05, 0.1) is 0 Å². The van der Waals surface area contributed by atoms with Crippen molar-refractivity contribution < 1.29 is 0 Å². The molecule has 0 spiro atoms. The molecule has 0 aromatic carbocycles. The molecular weight excluding hydrogens is 120 g/mol. The maximum Gasteiger partial charge on any atom is -0.0163 e. The first-order chi connectivity index (χ1) is 4.80. The summed E-state index contributed by atoms with van der Waals surface area (Å²) in [6.07, 6.45) is 12.0. The molecule has 0 aliphatic heterocycles. The smallest absolute Gasteiger partial charge is 0.0163 e. The fourth-order valence-electron chi connectivity index (χ4n) is 0.981. The molecule has 0 fully saturated rings.